The molecule has 86 valence electrons. The topological polar surface area (TPSA) is 62.6 Å². The maximum Gasteiger partial charge on any atom is 0.232 e. The van der Waals surface area contributed by atoms with Crippen molar-refractivity contribution in [2.24, 2.45) is 5.92 Å². The van der Waals surface area contributed by atoms with Gasteiger partial charge < -0.3 is 15.5 Å². The molecule has 15 heavy (non-hydrogen) atoms. The number of likely N-dealkylation sites (N-methyl/N-ethyl adjacent to an activating group) is 1. The van der Waals surface area contributed by atoms with Crippen LogP contribution in [0.1, 0.15) is 12.8 Å². The average molecular weight is 214 g/mol. The van der Waals surface area contributed by atoms with Crippen molar-refractivity contribution in [1.29, 1.82) is 0 Å². The van der Waals surface area contributed by atoms with E-state index in [1.807, 2.05) is 14.1 Å². The van der Waals surface area contributed by atoms with Crippen LogP contribution in [0, 0.1) is 5.92 Å². The van der Waals surface area contributed by atoms with Crippen molar-refractivity contribution >= 4 is 11.8 Å². The number of amides is 2. The van der Waals surface area contributed by atoms with Gasteiger partial charge in [0.05, 0.1) is 27.2 Å². The second kappa shape index (κ2) is 5.70. The molecule has 0 aromatic carbocycles. The number of hydrogen-bond acceptors (Lipinski definition) is 2. The van der Waals surface area contributed by atoms with E-state index >= 15 is 0 Å². The first-order valence-corrected chi connectivity index (χ1v) is 5.45. The molecule has 1 rings (SSSR count). The third kappa shape index (κ3) is 3.87. The van der Waals surface area contributed by atoms with E-state index in [0.29, 0.717) is 19.5 Å². The van der Waals surface area contributed by atoms with Crippen molar-refractivity contribution in [1.82, 2.24) is 10.6 Å². The van der Waals surface area contributed by atoms with Crippen molar-refractivity contribution in [3.05, 3.63) is 0 Å². The number of carbonyl (C=O) groups excluding carboxylic acids is 2. The highest BCUT2D eigenvalue weighted by Gasteiger charge is 2.28. The van der Waals surface area contributed by atoms with Crippen LogP contribution in [0.5, 0.6) is 0 Å². The van der Waals surface area contributed by atoms with Gasteiger partial charge in [-0.15, -0.1) is 0 Å². The fourth-order valence-electron chi connectivity index (χ4n) is 1.58. The Bertz CT molecular complexity index is 241. The van der Waals surface area contributed by atoms with Crippen LogP contribution in [0.3, 0.4) is 0 Å². The average Bonchev–Trinajstić information content (AvgIpc) is 2.17. The lowest BCUT2D eigenvalue weighted by atomic mass is 9.98. The summed E-state index contributed by atoms with van der Waals surface area (Å²) in [5.74, 6) is -0.736. The summed E-state index contributed by atoms with van der Waals surface area (Å²) < 4.78 is 0. The van der Waals surface area contributed by atoms with Gasteiger partial charge in [0.15, 0.2) is 0 Å². The molecule has 1 saturated heterocycles. The summed E-state index contributed by atoms with van der Waals surface area (Å²) in [6, 6.07) is 0. The van der Waals surface area contributed by atoms with Crippen LogP contribution in [0.15, 0.2) is 0 Å². The Balaban J connectivity index is 2.29. The molecule has 0 radical (unpaired) electrons. The highest BCUT2D eigenvalue weighted by Crippen LogP contribution is 2.10. The number of piperidine rings is 1. The van der Waals surface area contributed by atoms with E-state index in [-0.39, 0.29) is 11.8 Å². The molecule has 0 unspecified atom stereocenters. The van der Waals surface area contributed by atoms with Crippen molar-refractivity contribution in [3.63, 3.8) is 0 Å². The molecule has 1 heterocycles. The zero-order valence-corrected chi connectivity index (χ0v) is 9.43. The highest BCUT2D eigenvalue weighted by atomic mass is 16.2. The minimum absolute atomic E-state index is 0.129. The largest absolute Gasteiger partial charge is 0.355 e. The van der Waals surface area contributed by atoms with Gasteiger partial charge in [0.25, 0.3) is 0 Å². The van der Waals surface area contributed by atoms with Gasteiger partial charge in [-0.2, -0.15) is 0 Å². The van der Waals surface area contributed by atoms with Crippen LogP contribution in [-0.2, 0) is 9.59 Å². The molecule has 0 spiro atoms. The molecule has 5 nitrogen and oxygen atoms in total. The Morgan fingerprint density at radius 1 is 1.60 bits per heavy atom. The zero-order chi connectivity index (χ0) is 11.3. The van der Waals surface area contributed by atoms with E-state index in [2.05, 4.69) is 10.6 Å². The van der Waals surface area contributed by atoms with Crippen molar-refractivity contribution < 1.29 is 14.5 Å². The monoisotopic (exact) mass is 214 g/mol. The normalized spacial score (nSPS) is 21.3. The quantitative estimate of drug-likeness (QED) is 0.464. The molecular weight excluding hydrogens is 194 g/mol. The van der Waals surface area contributed by atoms with Crippen LogP contribution in [-0.4, -0.2) is 45.5 Å². The summed E-state index contributed by atoms with van der Waals surface area (Å²) in [6.07, 6.45) is 1.56. The molecular formula is C10H20N3O2+. The first kappa shape index (κ1) is 12.0. The van der Waals surface area contributed by atoms with E-state index in [1.165, 1.54) is 4.90 Å². The third-order valence-electron chi connectivity index (χ3n) is 2.53. The minimum Gasteiger partial charge on any atom is -0.355 e. The van der Waals surface area contributed by atoms with Crippen molar-refractivity contribution in [2.75, 3.05) is 33.7 Å². The molecule has 1 atom stereocenters. The molecule has 0 bridgehead atoms. The maximum absolute atomic E-state index is 11.6. The smallest absolute Gasteiger partial charge is 0.232 e. The number of rotatable bonds is 4. The first-order chi connectivity index (χ1) is 7.11. The molecule has 0 saturated carbocycles. The summed E-state index contributed by atoms with van der Waals surface area (Å²) in [5, 5.41) is 5.50. The van der Waals surface area contributed by atoms with E-state index in [4.69, 9.17) is 0 Å². The summed E-state index contributed by atoms with van der Waals surface area (Å²) in [4.78, 5) is 24.2. The van der Waals surface area contributed by atoms with E-state index < -0.39 is 5.92 Å². The fourth-order valence-corrected chi connectivity index (χ4v) is 1.58. The van der Waals surface area contributed by atoms with E-state index in [9.17, 15) is 9.59 Å². The van der Waals surface area contributed by atoms with Gasteiger partial charge in [-0.1, -0.05) is 0 Å². The lowest BCUT2D eigenvalue weighted by molar-refractivity contribution is -0.856. The maximum atomic E-state index is 11.6. The van der Waals surface area contributed by atoms with Crippen molar-refractivity contribution in [3.8, 4) is 0 Å². The van der Waals surface area contributed by atoms with Crippen LogP contribution in [0.25, 0.3) is 0 Å². The minimum atomic E-state index is -0.476. The van der Waals surface area contributed by atoms with Crippen LogP contribution in [0.4, 0.5) is 0 Å². The molecule has 0 aromatic heterocycles. The molecule has 1 aliphatic rings. The zero-order valence-electron chi connectivity index (χ0n) is 9.43. The Morgan fingerprint density at radius 3 is 2.93 bits per heavy atom. The van der Waals surface area contributed by atoms with Gasteiger partial charge in [0, 0.05) is 6.54 Å². The van der Waals surface area contributed by atoms with Crippen LogP contribution in [0.2, 0.25) is 0 Å². The second-order valence-electron chi connectivity index (χ2n) is 4.23. The molecule has 1 aliphatic heterocycles. The number of quaternary nitrogens is 1. The Morgan fingerprint density at radius 2 is 2.33 bits per heavy atom. The van der Waals surface area contributed by atoms with Gasteiger partial charge in [0.1, 0.15) is 5.92 Å². The van der Waals surface area contributed by atoms with Gasteiger partial charge in [-0.05, 0) is 12.8 Å². The van der Waals surface area contributed by atoms with Crippen molar-refractivity contribution in [2.45, 2.75) is 12.8 Å². The van der Waals surface area contributed by atoms with E-state index in [1.54, 1.807) is 0 Å². The molecule has 2 amide bonds. The fraction of sp³-hybridized carbons (Fsp3) is 0.800. The number of hydrogen-bond donors (Lipinski definition) is 3. The van der Waals surface area contributed by atoms with E-state index in [0.717, 1.165) is 13.0 Å². The summed E-state index contributed by atoms with van der Waals surface area (Å²) in [6.45, 7) is 2.20. The Labute approximate surface area is 90.2 Å². The molecule has 1 fully saturated rings. The summed E-state index contributed by atoms with van der Waals surface area (Å²) in [5.41, 5.74) is 0. The first-order valence-electron chi connectivity index (χ1n) is 5.45. The molecule has 3 N–H and O–H groups in total. The summed E-state index contributed by atoms with van der Waals surface area (Å²) in [7, 11) is 4.05. The van der Waals surface area contributed by atoms with Crippen LogP contribution < -0.4 is 15.5 Å². The van der Waals surface area contributed by atoms with Gasteiger partial charge in [0.2, 0.25) is 11.8 Å². The van der Waals surface area contributed by atoms with Crippen LogP contribution >= 0.6 is 0 Å². The third-order valence-corrected chi connectivity index (χ3v) is 2.53. The highest BCUT2D eigenvalue weighted by molar-refractivity contribution is 6.00. The molecule has 0 aliphatic carbocycles. The van der Waals surface area contributed by atoms with Gasteiger partial charge in [-0.3, -0.25) is 9.59 Å². The molecule has 0 aromatic rings. The van der Waals surface area contributed by atoms with Gasteiger partial charge in [-0.25, -0.2) is 0 Å². The Kier molecular flexibility index (Phi) is 4.55. The number of nitrogens with one attached hydrogen (secondary N) is 3. The lowest BCUT2D eigenvalue weighted by Crippen LogP contribution is -3.06. The SMILES string of the molecule is C[NH+](C)CCNC(=O)[C@H]1CCCNC1=O. The predicted molar refractivity (Wildman–Crippen MR) is 56.4 cm³/mol. The van der Waals surface area contributed by atoms with Gasteiger partial charge >= 0.3 is 0 Å². The Hall–Kier alpha value is -1.10. The lowest BCUT2D eigenvalue weighted by Gasteiger charge is -2.21. The standard InChI is InChI=1S/C10H19N3O2/c1-13(2)7-6-12-10(15)8-4-3-5-11-9(8)14/h8H,3-7H2,1-2H3,(H,11,14)(H,12,15)/p+1/t8-/m0/s1. The summed E-state index contributed by atoms with van der Waals surface area (Å²) >= 11 is 0. The predicted octanol–water partition coefficient (Wildman–Crippen LogP) is -2.23. The number of carbonyl (C=O) groups is 2. The second-order valence-corrected chi connectivity index (χ2v) is 4.23. The molecule has 5 heteroatoms.